The molecule has 3 heterocycles. The van der Waals surface area contributed by atoms with Gasteiger partial charge < -0.3 is 10.4 Å². The van der Waals surface area contributed by atoms with Gasteiger partial charge in [-0.25, -0.2) is 19.8 Å². The Morgan fingerprint density at radius 2 is 1.24 bits per heavy atom. The third-order valence-corrected chi connectivity index (χ3v) is 10.9. The fraction of sp³-hybridized carbons (Fsp3) is 0.231. The fourth-order valence-electron chi connectivity index (χ4n) is 6.53. The van der Waals surface area contributed by atoms with Gasteiger partial charge in [0.05, 0.1) is 11.4 Å². The SMILES string of the molecule is C.C[C@@]1(Cc2ccc(Br)cc2)C(=O)N(c2cc(Cl)cc(Cl)c2)C2=NCC(=O)N21.C[C@]1(Cc2ccc(Br)cc2)NC(=NCC(=O)O)N(c2cc(Cl)cc(Cl)c2)C1=O.I[I-]I. The summed E-state index contributed by atoms with van der Waals surface area (Å²) >= 11 is 36.5. The summed E-state index contributed by atoms with van der Waals surface area (Å²) in [7, 11) is 0. The number of rotatable bonds is 8. The van der Waals surface area contributed by atoms with Crippen molar-refractivity contribution in [2.45, 2.75) is 45.2 Å². The third-order valence-electron chi connectivity index (χ3n) is 8.94. The van der Waals surface area contributed by atoms with Crippen molar-refractivity contribution in [3.05, 3.63) is 125 Å². The molecule has 7 rings (SSSR count). The van der Waals surface area contributed by atoms with Gasteiger partial charge >= 0.3 is 56.5 Å². The molecular formula is C39H34Br2Cl4I3N6O5-. The predicted molar refractivity (Wildman–Crippen MR) is 257 cm³/mol. The Bertz CT molecular complexity index is 2270. The number of carbonyl (C=O) groups is 4. The molecule has 0 aliphatic carbocycles. The Labute approximate surface area is 408 Å². The van der Waals surface area contributed by atoms with E-state index in [1.807, 2.05) is 48.5 Å². The number of guanidine groups is 2. The maximum absolute atomic E-state index is 13.4. The van der Waals surface area contributed by atoms with Crippen LogP contribution in [0, 0.1) is 0 Å². The minimum absolute atomic E-state index is 0. The second-order valence-electron chi connectivity index (χ2n) is 13.3. The topological polar surface area (TPSA) is 135 Å². The number of hydrogen-bond acceptors (Lipinski definition) is 6. The third kappa shape index (κ3) is 12.0. The summed E-state index contributed by atoms with van der Waals surface area (Å²) in [5.41, 5.74) is 0.706. The summed E-state index contributed by atoms with van der Waals surface area (Å²) < 4.78 is 1.88. The Hall–Kier alpha value is -1.79. The van der Waals surface area contributed by atoms with E-state index in [1.165, 1.54) is 14.7 Å². The molecule has 0 radical (unpaired) electrons. The molecule has 4 aromatic rings. The number of hydrogen-bond donors (Lipinski definition) is 2. The second kappa shape index (κ2) is 21.5. The number of aliphatic imine (C=N–C) groups is 2. The van der Waals surface area contributed by atoms with Crippen molar-refractivity contribution in [1.29, 1.82) is 0 Å². The zero-order chi connectivity index (χ0) is 42.5. The predicted octanol–water partition coefficient (Wildman–Crippen LogP) is 7.85. The molecular weight excluding hydrogens is 1310 g/mol. The van der Waals surface area contributed by atoms with E-state index in [9.17, 15) is 19.2 Å². The zero-order valence-electron chi connectivity index (χ0n) is 30.1. The average molecular weight is 1350 g/mol. The molecule has 59 heavy (non-hydrogen) atoms. The maximum atomic E-state index is 13.4. The van der Waals surface area contributed by atoms with Crippen molar-refractivity contribution in [3.63, 3.8) is 0 Å². The number of fused-ring (bicyclic) bond motifs is 1. The summed E-state index contributed by atoms with van der Waals surface area (Å²) in [6, 6.07) is 24.9. The van der Waals surface area contributed by atoms with Crippen LogP contribution in [0.1, 0.15) is 32.4 Å². The van der Waals surface area contributed by atoms with Gasteiger partial charge in [-0.1, -0.05) is 110 Å². The number of carboxylic acids is 1. The number of nitrogens with zero attached hydrogens (tertiary/aromatic N) is 5. The molecule has 4 aromatic carbocycles. The normalized spacial score (nSPS) is 20.0. The van der Waals surface area contributed by atoms with Gasteiger partial charge in [0.25, 0.3) is 17.7 Å². The first-order chi connectivity index (χ1) is 27.4. The van der Waals surface area contributed by atoms with Crippen LogP contribution in [0.15, 0.2) is 104 Å². The molecule has 0 bridgehead atoms. The number of anilines is 2. The molecule has 2 N–H and O–H groups in total. The monoisotopic (exact) mass is 1340 g/mol. The molecule has 2 saturated heterocycles. The van der Waals surface area contributed by atoms with Crippen LogP contribution in [0.4, 0.5) is 11.4 Å². The van der Waals surface area contributed by atoms with Crippen molar-refractivity contribution in [3.8, 4) is 0 Å². The van der Waals surface area contributed by atoms with Gasteiger partial charge in [0.2, 0.25) is 11.9 Å². The van der Waals surface area contributed by atoms with Crippen LogP contribution in [0.5, 0.6) is 0 Å². The van der Waals surface area contributed by atoms with Crippen molar-refractivity contribution < 1.29 is 37.5 Å². The summed E-state index contributed by atoms with van der Waals surface area (Å²) in [4.78, 5) is 62.9. The van der Waals surface area contributed by atoms with Crippen molar-refractivity contribution in [1.82, 2.24) is 10.2 Å². The summed E-state index contributed by atoms with van der Waals surface area (Å²) in [5, 5.41) is 13.6. The quantitative estimate of drug-likeness (QED) is 0.173. The Balaban J connectivity index is 0.000000241. The van der Waals surface area contributed by atoms with Gasteiger partial charge in [0.1, 0.15) is 24.2 Å². The van der Waals surface area contributed by atoms with Crippen LogP contribution in [0.2, 0.25) is 20.1 Å². The van der Waals surface area contributed by atoms with E-state index in [2.05, 4.69) is 84.4 Å². The Morgan fingerprint density at radius 3 is 1.69 bits per heavy atom. The summed E-state index contributed by atoms with van der Waals surface area (Å²) in [5.74, 6) is -1.36. The van der Waals surface area contributed by atoms with E-state index in [0.717, 1.165) is 20.1 Å². The van der Waals surface area contributed by atoms with E-state index in [4.69, 9.17) is 51.5 Å². The minimum atomic E-state index is -1.10. The molecule has 3 aliphatic heterocycles. The molecule has 2 atom stereocenters. The zero-order valence-corrected chi connectivity index (χ0v) is 42.8. The van der Waals surface area contributed by atoms with Gasteiger partial charge in [-0.2, -0.15) is 0 Å². The standard InChI is InChI=1S/C19H16BrCl2N3O3.C19H14BrCl2N3O2.CH4.I3/c1-19(9-11-2-4-12(20)5-3-11)17(28)25(18(24-19)23-10-16(26)27)15-7-13(21)6-14(22)8-15;1-19(9-11-2-4-12(20)5-3-11)17(27)24(18-23-10-16(26)25(18)19)15-7-13(21)6-14(22)8-15;;1-3-2/h2-8H,9-10H2,1H3,(H,23,24)(H,26,27);2-8H,9-10H2,1H3;1H4;/q;;;-1/t2*19-;;/m11../s1. The average Bonchev–Trinajstić information content (AvgIpc) is 3.72. The van der Waals surface area contributed by atoms with E-state index in [-0.39, 0.29) is 37.7 Å². The number of carbonyl (C=O) groups excluding carboxylic acids is 3. The van der Waals surface area contributed by atoms with Crippen LogP contribution < -0.4 is 28.4 Å². The Morgan fingerprint density at radius 1 is 0.797 bits per heavy atom. The van der Waals surface area contributed by atoms with Gasteiger partial charge in [-0.3, -0.25) is 24.1 Å². The molecule has 2 fully saturated rings. The number of aliphatic carboxylic acids is 1. The molecule has 20 heteroatoms. The molecule has 3 aliphatic rings. The van der Waals surface area contributed by atoms with E-state index >= 15 is 0 Å². The molecule has 3 amide bonds. The molecule has 0 saturated carbocycles. The van der Waals surface area contributed by atoms with Crippen molar-refractivity contribution in [2.24, 2.45) is 9.98 Å². The first-order valence-corrected chi connectivity index (χ1v) is 32.4. The van der Waals surface area contributed by atoms with Gasteiger partial charge in [-0.05, 0) is 85.6 Å². The van der Waals surface area contributed by atoms with Crippen molar-refractivity contribution in [2.75, 3.05) is 22.9 Å². The summed E-state index contributed by atoms with van der Waals surface area (Å²) in [6.07, 6.45) is 0.755. The summed E-state index contributed by atoms with van der Waals surface area (Å²) in [6.45, 7) is 3.06. The number of halogens is 9. The van der Waals surface area contributed by atoms with Crippen LogP contribution in [0.3, 0.4) is 0 Å². The first kappa shape index (κ1) is 49.9. The fourth-order valence-corrected chi connectivity index (χ4v) is 8.09. The molecule has 0 aromatic heterocycles. The van der Waals surface area contributed by atoms with Gasteiger partial charge in [-0.15, -0.1) is 0 Å². The van der Waals surface area contributed by atoms with Crippen LogP contribution in [-0.2, 0) is 32.0 Å². The molecule has 11 nitrogen and oxygen atoms in total. The van der Waals surface area contributed by atoms with Crippen molar-refractivity contribution >= 4 is 162 Å². The number of amides is 3. The van der Waals surface area contributed by atoms with E-state index < -0.39 is 23.6 Å². The van der Waals surface area contributed by atoms with Crippen LogP contribution >= 0.6 is 115 Å². The molecule has 0 spiro atoms. The molecule has 0 unspecified atom stereocenters. The van der Waals surface area contributed by atoms with E-state index in [0.29, 0.717) is 63.5 Å². The number of benzene rings is 4. The van der Waals surface area contributed by atoms with Gasteiger partial charge in [0, 0.05) is 41.9 Å². The van der Waals surface area contributed by atoms with Gasteiger partial charge in [0.15, 0.2) is 0 Å². The number of carboxylic acid groups (broad SMARTS) is 1. The number of nitrogens with one attached hydrogen (secondary N) is 1. The Kier molecular flexibility index (Phi) is 18.2. The molecule has 314 valence electrons. The second-order valence-corrected chi connectivity index (χ2v) is 33.1. The first-order valence-electron chi connectivity index (χ1n) is 16.8. The van der Waals surface area contributed by atoms with Crippen LogP contribution in [-0.4, -0.2) is 69.8 Å². The van der Waals surface area contributed by atoms with Crippen LogP contribution in [0.25, 0.3) is 0 Å². The van der Waals surface area contributed by atoms with E-state index in [1.54, 1.807) is 50.2 Å².